The van der Waals surface area contributed by atoms with Crippen LogP contribution in [-0.4, -0.2) is 22.4 Å². The lowest BCUT2D eigenvalue weighted by Gasteiger charge is -2.09. The number of nitrogens with zero attached hydrogens (tertiary/aromatic N) is 2. The molecule has 0 aliphatic heterocycles. The molecule has 0 spiro atoms. The number of hydrogen-bond donors (Lipinski definition) is 2. The smallest absolute Gasteiger partial charge is 0.273 e. The van der Waals surface area contributed by atoms with Crippen molar-refractivity contribution in [3.05, 3.63) is 17.1 Å². The molecule has 0 saturated carbocycles. The van der Waals surface area contributed by atoms with E-state index in [0.29, 0.717) is 6.54 Å². The highest BCUT2D eigenvalue weighted by Gasteiger charge is 2.18. The van der Waals surface area contributed by atoms with E-state index in [0.717, 1.165) is 37.1 Å². The molecular formula is C12H18N4O. The predicted molar refractivity (Wildman–Crippen MR) is 65.7 cm³/mol. The van der Waals surface area contributed by atoms with Gasteiger partial charge < -0.3 is 11.1 Å². The van der Waals surface area contributed by atoms with E-state index in [1.165, 1.54) is 6.42 Å². The van der Waals surface area contributed by atoms with Crippen LogP contribution in [0, 0.1) is 0 Å². The maximum atomic E-state index is 11.7. The lowest BCUT2D eigenvalue weighted by molar-refractivity contribution is 0.0951. The van der Waals surface area contributed by atoms with Gasteiger partial charge in [0.25, 0.3) is 5.91 Å². The molecular weight excluding hydrogens is 216 g/mol. The topological polar surface area (TPSA) is 80.9 Å². The van der Waals surface area contributed by atoms with Crippen molar-refractivity contribution >= 4 is 11.7 Å². The largest absolute Gasteiger partial charge is 0.382 e. The summed E-state index contributed by atoms with van der Waals surface area (Å²) >= 11 is 0. The summed E-state index contributed by atoms with van der Waals surface area (Å²) in [4.78, 5) is 20.5. The molecule has 0 atom stereocenters. The average Bonchev–Trinajstić information content (AvgIpc) is 2.52. The molecule has 5 heteroatoms. The second kappa shape index (κ2) is 5.12. The van der Waals surface area contributed by atoms with Gasteiger partial charge in [-0.15, -0.1) is 0 Å². The van der Waals surface area contributed by atoms with Crippen molar-refractivity contribution in [2.24, 2.45) is 0 Å². The molecule has 17 heavy (non-hydrogen) atoms. The number of aryl methyl sites for hydroxylation is 2. The molecule has 0 saturated heterocycles. The first-order valence-electron chi connectivity index (χ1n) is 6.15. The van der Waals surface area contributed by atoms with Gasteiger partial charge in [-0.2, -0.15) is 0 Å². The summed E-state index contributed by atoms with van der Waals surface area (Å²) < 4.78 is 0. The molecule has 1 aliphatic rings. The van der Waals surface area contributed by atoms with Crippen LogP contribution in [-0.2, 0) is 12.8 Å². The van der Waals surface area contributed by atoms with Crippen LogP contribution >= 0.6 is 0 Å². The average molecular weight is 234 g/mol. The van der Waals surface area contributed by atoms with Gasteiger partial charge in [0, 0.05) is 6.54 Å². The minimum absolute atomic E-state index is 0.232. The Balaban J connectivity index is 2.35. The zero-order valence-electron chi connectivity index (χ0n) is 10.1. The summed E-state index contributed by atoms with van der Waals surface area (Å²) in [7, 11) is 0. The number of hydrogen-bond acceptors (Lipinski definition) is 4. The third-order valence-corrected chi connectivity index (χ3v) is 2.96. The highest BCUT2D eigenvalue weighted by atomic mass is 16.1. The first-order valence-corrected chi connectivity index (χ1v) is 6.15. The standard InChI is InChI=1S/C12H18N4O/c1-2-14-12(17)10-11(13)16-9-7-5-3-4-6-8(9)15-10/h2-7H2,1H3,(H2,13,16)(H,14,17). The zero-order chi connectivity index (χ0) is 12.3. The Morgan fingerprint density at radius 3 is 2.53 bits per heavy atom. The van der Waals surface area contributed by atoms with Gasteiger partial charge >= 0.3 is 0 Å². The molecule has 0 aromatic carbocycles. The Labute approximate surface area is 101 Å². The van der Waals surface area contributed by atoms with E-state index in [2.05, 4.69) is 15.3 Å². The SMILES string of the molecule is CCNC(=O)c1nc2c(nc1N)CCCCC2. The Kier molecular flexibility index (Phi) is 3.56. The zero-order valence-corrected chi connectivity index (χ0v) is 10.1. The summed E-state index contributed by atoms with van der Waals surface area (Å²) in [6.07, 6.45) is 5.24. The minimum Gasteiger partial charge on any atom is -0.382 e. The number of rotatable bonds is 2. The van der Waals surface area contributed by atoms with Crippen molar-refractivity contribution in [2.75, 3.05) is 12.3 Å². The van der Waals surface area contributed by atoms with Crippen LogP contribution in [0.15, 0.2) is 0 Å². The van der Waals surface area contributed by atoms with Crippen LogP contribution in [0.5, 0.6) is 0 Å². The molecule has 1 heterocycles. The van der Waals surface area contributed by atoms with Gasteiger partial charge in [-0.25, -0.2) is 9.97 Å². The van der Waals surface area contributed by atoms with Gasteiger partial charge in [-0.1, -0.05) is 6.42 Å². The van der Waals surface area contributed by atoms with Crippen molar-refractivity contribution in [1.29, 1.82) is 0 Å². The normalized spacial score (nSPS) is 14.9. The van der Waals surface area contributed by atoms with Gasteiger partial charge in [0.15, 0.2) is 11.5 Å². The van der Waals surface area contributed by atoms with Crippen LogP contribution in [0.4, 0.5) is 5.82 Å². The second-order valence-electron chi connectivity index (χ2n) is 4.27. The number of aromatic nitrogens is 2. The van der Waals surface area contributed by atoms with Gasteiger partial charge in [0.05, 0.1) is 11.4 Å². The molecule has 1 aliphatic carbocycles. The van der Waals surface area contributed by atoms with Crippen molar-refractivity contribution < 1.29 is 4.79 Å². The van der Waals surface area contributed by atoms with Crippen LogP contribution in [0.1, 0.15) is 48.1 Å². The van der Waals surface area contributed by atoms with E-state index < -0.39 is 0 Å². The molecule has 1 aromatic heterocycles. The fraction of sp³-hybridized carbons (Fsp3) is 0.583. The molecule has 3 N–H and O–H groups in total. The van der Waals surface area contributed by atoms with Gasteiger partial charge in [-0.05, 0) is 32.6 Å². The number of fused-ring (bicyclic) bond motifs is 1. The second-order valence-corrected chi connectivity index (χ2v) is 4.27. The van der Waals surface area contributed by atoms with E-state index in [4.69, 9.17) is 5.73 Å². The van der Waals surface area contributed by atoms with E-state index in [9.17, 15) is 4.79 Å². The number of anilines is 1. The molecule has 0 fully saturated rings. The monoisotopic (exact) mass is 234 g/mol. The Morgan fingerprint density at radius 1 is 1.24 bits per heavy atom. The highest BCUT2D eigenvalue weighted by molar-refractivity contribution is 5.96. The molecule has 1 aromatic rings. The summed E-state index contributed by atoms with van der Waals surface area (Å²) in [5, 5.41) is 2.70. The van der Waals surface area contributed by atoms with Gasteiger partial charge in [0.1, 0.15) is 0 Å². The van der Waals surface area contributed by atoms with Crippen molar-refractivity contribution in [2.45, 2.75) is 39.0 Å². The predicted octanol–water partition coefficient (Wildman–Crippen LogP) is 1.08. The number of nitrogens with two attached hydrogens (primary N) is 1. The van der Waals surface area contributed by atoms with Crippen molar-refractivity contribution in [1.82, 2.24) is 15.3 Å². The van der Waals surface area contributed by atoms with Crippen molar-refractivity contribution in [3.8, 4) is 0 Å². The summed E-state index contributed by atoms with van der Waals surface area (Å²) in [6, 6.07) is 0. The minimum atomic E-state index is -0.232. The quantitative estimate of drug-likeness (QED) is 0.750. The molecule has 0 radical (unpaired) electrons. The molecule has 0 unspecified atom stereocenters. The number of nitrogen functional groups attached to an aromatic ring is 1. The first-order chi connectivity index (χ1) is 8.22. The third-order valence-electron chi connectivity index (χ3n) is 2.96. The summed E-state index contributed by atoms with van der Waals surface area (Å²) in [5.41, 5.74) is 7.97. The van der Waals surface area contributed by atoms with Crippen molar-refractivity contribution in [3.63, 3.8) is 0 Å². The Hall–Kier alpha value is -1.65. The summed E-state index contributed by atoms with van der Waals surface area (Å²) in [5.74, 6) is 0.0150. The highest BCUT2D eigenvalue weighted by Crippen LogP contribution is 2.19. The van der Waals surface area contributed by atoms with Crippen LogP contribution in [0.3, 0.4) is 0 Å². The van der Waals surface area contributed by atoms with Gasteiger partial charge in [0.2, 0.25) is 0 Å². The summed E-state index contributed by atoms with van der Waals surface area (Å²) in [6.45, 7) is 2.43. The van der Waals surface area contributed by atoms with Crippen LogP contribution in [0.25, 0.3) is 0 Å². The maximum absolute atomic E-state index is 11.7. The third kappa shape index (κ3) is 2.54. The Morgan fingerprint density at radius 2 is 1.88 bits per heavy atom. The molecule has 1 amide bonds. The molecule has 5 nitrogen and oxygen atoms in total. The number of carbonyl (C=O) groups excluding carboxylic acids is 1. The lowest BCUT2D eigenvalue weighted by atomic mass is 10.2. The number of amides is 1. The van der Waals surface area contributed by atoms with E-state index in [-0.39, 0.29) is 17.4 Å². The fourth-order valence-electron chi connectivity index (χ4n) is 2.09. The van der Waals surface area contributed by atoms with E-state index in [1.807, 2.05) is 6.92 Å². The van der Waals surface area contributed by atoms with Crippen LogP contribution < -0.4 is 11.1 Å². The van der Waals surface area contributed by atoms with E-state index in [1.54, 1.807) is 0 Å². The molecule has 0 bridgehead atoms. The fourth-order valence-corrected chi connectivity index (χ4v) is 2.09. The number of nitrogens with one attached hydrogen (secondary N) is 1. The lowest BCUT2D eigenvalue weighted by Crippen LogP contribution is -2.26. The first kappa shape index (κ1) is 11.8. The van der Waals surface area contributed by atoms with E-state index >= 15 is 0 Å². The molecule has 2 rings (SSSR count). The molecule has 92 valence electrons. The number of carbonyl (C=O) groups is 1. The van der Waals surface area contributed by atoms with Gasteiger partial charge in [-0.3, -0.25) is 4.79 Å². The van der Waals surface area contributed by atoms with Crippen LogP contribution in [0.2, 0.25) is 0 Å². The maximum Gasteiger partial charge on any atom is 0.273 e. The Bertz CT molecular complexity index is 431.